The van der Waals surface area contributed by atoms with Gasteiger partial charge in [-0.25, -0.2) is 9.78 Å². The number of hydrogen-bond donors (Lipinski definition) is 3. The molecular weight excluding hydrogens is 488 g/mol. The van der Waals surface area contributed by atoms with Crippen LogP contribution >= 0.6 is 0 Å². The zero-order chi connectivity index (χ0) is 27.0. The molecule has 0 saturated heterocycles. The van der Waals surface area contributed by atoms with Crippen LogP contribution in [-0.2, 0) is 38.4 Å². The number of carbonyl (C=O) groups is 4. The highest BCUT2D eigenvalue weighted by Gasteiger charge is 2.44. The van der Waals surface area contributed by atoms with E-state index in [1.165, 1.54) is 4.90 Å². The first-order valence-electron chi connectivity index (χ1n) is 12.9. The van der Waals surface area contributed by atoms with Crippen molar-refractivity contribution in [3.63, 3.8) is 0 Å². The molecule has 10 nitrogen and oxygen atoms in total. The molecule has 0 radical (unpaired) electrons. The van der Waals surface area contributed by atoms with Crippen molar-refractivity contribution in [3.8, 4) is 0 Å². The van der Waals surface area contributed by atoms with Crippen molar-refractivity contribution in [2.45, 2.75) is 64.1 Å². The Morgan fingerprint density at radius 1 is 1.16 bits per heavy atom. The third-order valence-electron chi connectivity index (χ3n) is 7.47. The van der Waals surface area contributed by atoms with E-state index in [9.17, 15) is 24.3 Å². The van der Waals surface area contributed by atoms with Gasteiger partial charge in [0.05, 0.1) is 5.69 Å². The summed E-state index contributed by atoms with van der Waals surface area (Å²) in [6.07, 6.45) is 1.55. The van der Waals surface area contributed by atoms with E-state index in [1.807, 2.05) is 44.2 Å². The topological polar surface area (TPSA) is 142 Å². The first-order valence-corrected chi connectivity index (χ1v) is 12.9. The molecule has 4 atom stereocenters. The van der Waals surface area contributed by atoms with Crippen molar-refractivity contribution >= 4 is 40.5 Å². The molecule has 2 aliphatic heterocycles. The van der Waals surface area contributed by atoms with Gasteiger partial charge in [0.25, 0.3) is 0 Å². The molecule has 3 N–H and O–H groups in total. The Morgan fingerprint density at radius 2 is 1.92 bits per heavy atom. The zero-order valence-electron chi connectivity index (χ0n) is 21.3. The first-order chi connectivity index (χ1) is 18.3. The molecule has 3 aromatic rings. The van der Waals surface area contributed by atoms with E-state index in [2.05, 4.69) is 15.6 Å². The Balaban J connectivity index is 1.31. The van der Waals surface area contributed by atoms with Crippen molar-refractivity contribution in [1.82, 2.24) is 15.6 Å². The van der Waals surface area contributed by atoms with E-state index in [0.717, 1.165) is 11.1 Å². The van der Waals surface area contributed by atoms with Crippen LogP contribution in [0.3, 0.4) is 0 Å². The van der Waals surface area contributed by atoms with Crippen molar-refractivity contribution in [2.24, 2.45) is 5.92 Å². The van der Waals surface area contributed by atoms with E-state index in [0.29, 0.717) is 36.0 Å². The quantitative estimate of drug-likeness (QED) is 0.416. The van der Waals surface area contributed by atoms with Gasteiger partial charge in [0.15, 0.2) is 5.58 Å². The normalized spacial score (nSPS) is 19.9. The van der Waals surface area contributed by atoms with Crippen LogP contribution in [-0.4, -0.2) is 51.9 Å². The predicted octanol–water partition coefficient (Wildman–Crippen LogP) is 2.37. The van der Waals surface area contributed by atoms with Crippen molar-refractivity contribution < 1.29 is 28.7 Å². The van der Waals surface area contributed by atoms with Gasteiger partial charge in [-0.15, -0.1) is 0 Å². The molecule has 38 heavy (non-hydrogen) atoms. The van der Waals surface area contributed by atoms with Crippen molar-refractivity contribution in [1.29, 1.82) is 0 Å². The Bertz CT molecular complexity index is 1380. The van der Waals surface area contributed by atoms with Crippen LogP contribution in [0.25, 0.3) is 11.1 Å². The summed E-state index contributed by atoms with van der Waals surface area (Å²) >= 11 is 0. The summed E-state index contributed by atoms with van der Waals surface area (Å²) in [5.41, 5.74) is 3.57. The van der Waals surface area contributed by atoms with Crippen LogP contribution in [0.15, 0.2) is 46.9 Å². The van der Waals surface area contributed by atoms with Gasteiger partial charge in [-0.2, -0.15) is 0 Å². The Labute approximate surface area is 219 Å². The third-order valence-corrected chi connectivity index (χ3v) is 7.47. The summed E-state index contributed by atoms with van der Waals surface area (Å²) in [5.74, 6) is -2.42. The maximum Gasteiger partial charge on any atom is 0.327 e. The van der Waals surface area contributed by atoms with Gasteiger partial charge in [-0.1, -0.05) is 50.6 Å². The number of carboxylic acid groups (broad SMARTS) is 1. The average molecular weight is 519 g/mol. The number of oxazole rings is 1. The van der Waals surface area contributed by atoms with Crippen LogP contribution in [0, 0.1) is 5.92 Å². The van der Waals surface area contributed by atoms with Gasteiger partial charge >= 0.3 is 5.97 Å². The number of amides is 3. The molecule has 2 aliphatic rings. The van der Waals surface area contributed by atoms with Crippen molar-refractivity contribution in [3.05, 3.63) is 59.5 Å². The third kappa shape index (κ3) is 4.73. The number of anilines is 1. The van der Waals surface area contributed by atoms with Crippen LogP contribution in [0.5, 0.6) is 0 Å². The molecule has 0 saturated carbocycles. The lowest BCUT2D eigenvalue weighted by atomic mass is 9.97. The summed E-state index contributed by atoms with van der Waals surface area (Å²) in [4.78, 5) is 57.5. The summed E-state index contributed by atoms with van der Waals surface area (Å²) in [6, 6.07) is 9.97. The lowest BCUT2D eigenvalue weighted by molar-refractivity contribution is -0.140. The number of hydrogen-bond acceptors (Lipinski definition) is 6. The van der Waals surface area contributed by atoms with E-state index >= 15 is 0 Å². The lowest BCUT2D eigenvalue weighted by Gasteiger charge is -2.29. The minimum atomic E-state index is -1.09. The number of carbonyl (C=O) groups excluding carboxylic acids is 3. The maximum absolute atomic E-state index is 13.6. The highest BCUT2D eigenvalue weighted by molar-refractivity contribution is 6.07. The highest BCUT2D eigenvalue weighted by Crippen LogP contribution is 2.39. The monoisotopic (exact) mass is 518 g/mol. The summed E-state index contributed by atoms with van der Waals surface area (Å²) in [6.45, 7) is 3.76. The van der Waals surface area contributed by atoms with Gasteiger partial charge in [-0.3, -0.25) is 19.3 Å². The summed E-state index contributed by atoms with van der Waals surface area (Å²) in [7, 11) is 0. The molecule has 3 amide bonds. The Kier molecular flexibility index (Phi) is 6.88. The van der Waals surface area contributed by atoms with E-state index in [1.54, 1.807) is 12.1 Å². The summed E-state index contributed by atoms with van der Waals surface area (Å²) in [5, 5.41) is 15.4. The number of aryl methyl sites for hydroxylation is 1. The minimum Gasteiger partial charge on any atom is -0.480 e. The highest BCUT2D eigenvalue weighted by atomic mass is 16.4. The lowest BCUT2D eigenvalue weighted by Crippen LogP contribution is -2.57. The molecule has 0 bridgehead atoms. The Morgan fingerprint density at radius 3 is 2.66 bits per heavy atom. The fraction of sp³-hybridized carbons (Fsp3) is 0.393. The van der Waals surface area contributed by atoms with E-state index < -0.39 is 41.8 Å². The molecule has 0 spiro atoms. The molecule has 0 aliphatic carbocycles. The maximum atomic E-state index is 13.6. The fourth-order valence-electron chi connectivity index (χ4n) is 5.28. The molecule has 0 fully saturated rings. The van der Waals surface area contributed by atoms with Gasteiger partial charge in [-0.05, 0) is 42.0 Å². The number of rotatable bonds is 8. The number of aromatic nitrogens is 1. The number of para-hydroxylation sites is 3. The number of benzene rings is 2. The van der Waals surface area contributed by atoms with Gasteiger partial charge in [0.2, 0.25) is 23.6 Å². The largest absolute Gasteiger partial charge is 0.480 e. The standard InChI is InChI=1S/C28H30N4O6/c1-3-15(2)24(31-22(33)14-23-29-18-9-4-5-10-21(18)38-23)26(34)30-19-12-11-16-7-6-8-17-13-20(28(36)37)32(25(16)17)27(19)35/h4-10,15,19-20,24H,3,11-14H2,1-2H3,(H,30,34)(H,31,33)(H,36,37)/t15-,19-,20-,24-/m0/s1. The number of nitrogens with one attached hydrogen (secondary N) is 2. The molecule has 1 aromatic heterocycles. The number of nitrogens with zero attached hydrogens (tertiary/aromatic N) is 2. The average Bonchev–Trinajstić information content (AvgIpc) is 3.46. The zero-order valence-corrected chi connectivity index (χ0v) is 21.3. The molecule has 0 unspecified atom stereocenters. The van der Waals surface area contributed by atoms with Crippen LogP contribution in [0.2, 0.25) is 0 Å². The second-order valence-electron chi connectivity index (χ2n) is 9.97. The van der Waals surface area contributed by atoms with Gasteiger partial charge in [0.1, 0.15) is 30.1 Å². The SMILES string of the molecule is CC[C@H](C)[C@H](NC(=O)Cc1nc2ccccc2o1)C(=O)N[C@H]1CCc2cccc3c2N(C1=O)[C@H](C(=O)O)C3. The summed E-state index contributed by atoms with van der Waals surface area (Å²) < 4.78 is 5.64. The van der Waals surface area contributed by atoms with Crippen LogP contribution in [0.4, 0.5) is 5.69 Å². The molecule has 5 rings (SSSR count). The molecule has 198 valence electrons. The van der Waals surface area contributed by atoms with Crippen LogP contribution in [0.1, 0.15) is 43.7 Å². The van der Waals surface area contributed by atoms with Crippen molar-refractivity contribution in [2.75, 3.05) is 4.90 Å². The number of aliphatic carboxylic acids is 1. The predicted molar refractivity (Wildman–Crippen MR) is 138 cm³/mol. The first kappa shape index (κ1) is 25.4. The van der Waals surface area contributed by atoms with E-state index in [-0.39, 0.29) is 24.7 Å². The molecule has 10 heteroatoms. The fourth-order valence-corrected chi connectivity index (χ4v) is 5.28. The van der Waals surface area contributed by atoms with Gasteiger partial charge < -0.3 is 20.2 Å². The molecular formula is C28H30N4O6. The van der Waals surface area contributed by atoms with Gasteiger partial charge in [0, 0.05) is 6.42 Å². The Hall–Kier alpha value is -4.21. The minimum absolute atomic E-state index is 0.136. The number of carboxylic acids is 1. The smallest absolute Gasteiger partial charge is 0.327 e. The number of fused-ring (bicyclic) bond motifs is 1. The second kappa shape index (κ2) is 10.3. The molecule has 3 heterocycles. The van der Waals surface area contributed by atoms with Crippen LogP contribution < -0.4 is 15.5 Å². The molecule has 2 aromatic carbocycles. The second-order valence-corrected chi connectivity index (χ2v) is 9.97. The van der Waals surface area contributed by atoms with E-state index in [4.69, 9.17) is 4.42 Å².